The SMILES string of the molecule is COc1ccc(CCNC(=O)c2cccn2-c2nnc(N3CCCCC3)s2)cc1OC. The first kappa shape index (κ1) is 21.2. The molecule has 0 spiro atoms. The standard InChI is InChI=1S/C22H27N5O3S/c1-29-18-9-8-16(15-19(18)30-2)10-11-23-20(28)17-7-6-14-27(17)22-25-24-21(31-22)26-12-4-3-5-13-26/h6-9,14-15H,3-5,10-13H2,1-2H3,(H,23,28). The van der Waals surface area contributed by atoms with Gasteiger partial charge in [-0.05, 0) is 55.5 Å². The molecule has 4 rings (SSSR count). The van der Waals surface area contributed by atoms with Gasteiger partial charge in [0.1, 0.15) is 5.69 Å². The van der Waals surface area contributed by atoms with Crippen molar-refractivity contribution in [2.24, 2.45) is 0 Å². The average Bonchev–Trinajstić information content (AvgIpc) is 3.49. The second-order valence-corrected chi connectivity index (χ2v) is 8.31. The van der Waals surface area contributed by atoms with Crippen molar-refractivity contribution in [1.29, 1.82) is 0 Å². The lowest BCUT2D eigenvalue weighted by Crippen LogP contribution is -2.29. The van der Waals surface area contributed by atoms with E-state index in [0.29, 0.717) is 35.3 Å². The Morgan fingerprint density at radius 1 is 1.06 bits per heavy atom. The van der Waals surface area contributed by atoms with Gasteiger partial charge in [-0.15, -0.1) is 10.2 Å². The maximum atomic E-state index is 12.8. The maximum Gasteiger partial charge on any atom is 0.268 e. The van der Waals surface area contributed by atoms with Crippen LogP contribution < -0.4 is 19.7 Å². The van der Waals surface area contributed by atoms with Crippen molar-refractivity contribution in [2.45, 2.75) is 25.7 Å². The number of amides is 1. The summed E-state index contributed by atoms with van der Waals surface area (Å²) in [4.78, 5) is 15.1. The number of piperidine rings is 1. The molecular weight excluding hydrogens is 414 g/mol. The molecule has 3 aromatic rings. The van der Waals surface area contributed by atoms with E-state index >= 15 is 0 Å². The summed E-state index contributed by atoms with van der Waals surface area (Å²) in [6.07, 6.45) is 6.18. The summed E-state index contributed by atoms with van der Waals surface area (Å²) in [5.74, 6) is 1.23. The number of methoxy groups -OCH3 is 2. The third kappa shape index (κ3) is 4.82. The Kier molecular flexibility index (Phi) is 6.71. The predicted molar refractivity (Wildman–Crippen MR) is 121 cm³/mol. The Bertz CT molecular complexity index is 1030. The quantitative estimate of drug-likeness (QED) is 0.578. The van der Waals surface area contributed by atoms with Crippen molar-refractivity contribution in [2.75, 3.05) is 38.8 Å². The monoisotopic (exact) mass is 441 g/mol. The first-order valence-electron chi connectivity index (χ1n) is 10.4. The Balaban J connectivity index is 1.38. The molecule has 2 aromatic heterocycles. The van der Waals surface area contributed by atoms with Crippen molar-refractivity contribution in [3.05, 3.63) is 47.8 Å². The van der Waals surface area contributed by atoms with E-state index in [1.165, 1.54) is 30.6 Å². The topological polar surface area (TPSA) is 81.5 Å². The highest BCUT2D eigenvalue weighted by atomic mass is 32.1. The first-order valence-corrected chi connectivity index (χ1v) is 11.3. The molecule has 0 radical (unpaired) electrons. The molecule has 0 aliphatic carbocycles. The summed E-state index contributed by atoms with van der Waals surface area (Å²) in [6, 6.07) is 9.42. The number of nitrogens with zero attached hydrogens (tertiary/aromatic N) is 4. The molecule has 1 aliphatic heterocycles. The summed E-state index contributed by atoms with van der Waals surface area (Å²) in [6.45, 7) is 2.54. The molecule has 1 aromatic carbocycles. The summed E-state index contributed by atoms with van der Waals surface area (Å²) < 4.78 is 12.4. The fraction of sp³-hybridized carbons (Fsp3) is 0.409. The molecule has 3 heterocycles. The molecule has 1 saturated heterocycles. The van der Waals surface area contributed by atoms with E-state index in [4.69, 9.17) is 9.47 Å². The highest BCUT2D eigenvalue weighted by molar-refractivity contribution is 7.17. The van der Waals surface area contributed by atoms with E-state index in [1.54, 1.807) is 24.9 Å². The van der Waals surface area contributed by atoms with Gasteiger partial charge in [-0.2, -0.15) is 0 Å². The largest absolute Gasteiger partial charge is 0.493 e. The number of carbonyl (C=O) groups excluding carboxylic acids is 1. The maximum absolute atomic E-state index is 12.8. The average molecular weight is 442 g/mol. The second kappa shape index (κ2) is 9.82. The molecule has 0 atom stereocenters. The minimum absolute atomic E-state index is 0.139. The van der Waals surface area contributed by atoms with Gasteiger partial charge in [0.15, 0.2) is 11.5 Å². The molecule has 0 unspecified atom stereocenters. The van der Waals surface area contributed by atoms with E-state index in [1.807, 2.05) is 30.5 Å². The number of ether oxygens (including phenoxy) is 2. The first-order chi connectivity index (χ1) is 15.2. The van der Waals surface area contributed by atoms with Gasteiger partial charge in [0.05, 0.1) is 14.2 Å². The van der Waals surface area contributed by atoms with Crippen LogP contribution in [0.1, 0.15) is 35.3 Å². The lowest BCUT2D eigenvalue weighted by Gasteiger charge is -2.25. The molecule has 1 aliphatic rings. The van der Waals surface area contributed by atoms with E-state index in [2.05, 4.69) is 20.4 Å². The highest BCUT2D eigenvalue weighted by Crippen LogP contribution is 2.28. The van der Waals surface area contributed by atoms with E-state index in [9.17, 15) is 4.79 Å². The van der Waals surface area contributed by atoms with Crippen molar-refractivity contribution in [3.63, 3.8) is 0 Å². The van der Waals surface area contributed by atoms with Crippen LogP contribution in [0.3, 0.4) is 0 Å². The minimum atomic E-state index is -0.139. The Morgan fingerprint density at radius 3 is 2.61 bits per heavy atom. The molecule has 164 valence electrons. The third-order valence-corrected chi connectivity index (χ3v) is 6.35. The Hall–Kier alpha value is -3.07. The van der Waals surface area contributed by atoms with Crippen LogP contribution in [0.15, 0.2) is 36.5 Å². The van der Waals surface area contributed by atoms with Crippen LogP contribution in [0, 0.1) is 0 Å². The molecule has 1 N–H and O–H groups in total. The number of rotatable bonds is 8. The molecule has 31 heavy (non-hydrogen) atoms. The number of benzene rings is 1. The summed E-state index contributed by atoms with van der Waals surface area (Å²) in [5.41, 5.74) is 1.61. The molecule has 9 heteroatoms. The van der Waals surface area contributed by atoms with E-state index < -0.39 is 0 Å². The number of carbonyl (C=O) groups is 1. The van der Waals surface area contributed by atoms with Crippen LogP contribution in [0.5, 0.6) is 11.5 Å². The summed E-state index contributed by atoms with van der Waals surface area (Å²) >= 11 is 1.52. The van der Waals surface area contributed by atoms with Crippen LogP contribution >= 0.6 is 11.3 Å². The van der Waals surface area contributed by atoms with Gasteiger partial charge < -0.3 is 19.7 Å². The zero-order valence-electron chi connectivity index (χ0n) is 17.8. The highest BCUT2D eigenvalue weighted by Gasteiger charge is 2.19. The van der Waals surface area contributed by atoms with Gasteiger partial charge in [0.2, 0.25) is 10.3 Å². The van der Waals surface area contributed by atoms with Crippen molar-refractivity contribution < 1.29 is 14.3 Å². The van der Waals surface area contributed by atoms with Crippen LogP contribution in [0.2, 0.25) is 0 Å². The fourth-order valence-corrected chi connectivity index (χ4v) is 4.59. The number of anilines is 1. The normalized spacial score (nSPS) is 13.8. The van der Waals surface area contributed by atoms with Gasteiger partial charge >= 0.3 is 0 Å². The smallest absolute Gasteiger partial charge is 0.268 e. The zero-order valence-corrected chi connectivity index (χ0v) is 18.7. The van der Waals surface area contributed by atoms with Crippen molar-refractivity contribution >= 4 is 22.4 Å². The second-order valence-electron chi connectivity index (χ2n) is 7.37. The molecule has 0 saturated carbocycles. The fourth-order valence-electron chi connectivity index (χ4n) is 3.70. The lowest BCUT2D eigenvalue weighted by molar-refractivity contribution is 0.0947. The van der Waals surface area contributed by atoms with Gasteiger partial charge in [-0.3, -0.25) is 9.36 Å². The summed E-state index contributed by atoms with van der Waals surface area (Å²) in [7, 11) is 3.22. The van der Waals surface area contributed by atoms with Crippen LogP contribution in [0.25, 0.3) is 5.13 Å². The van der Waals surface area contributed by atoms with Crippen LogP contribution in [0.4, 0.5) is 5.13 Å². The van der Waals surface area contributed by atoms with Crippen LogP contribution in [-0.4, -0.2) is 54.5 Å². The summed E-state index contributed by atoms with van der Waals surface area (Å²) in [5, 5.41) is 13.3. The van der Waals surface area contributed by atoms with Gasteiger partial charge in [-0.1, -0.05) is 17.4 Å². The Labute approximate surface area is 185 Å². The van der Waals surface area contributed by atoms with Crippen molar-refractivity contribution in [1.82, 2.24) is 20.1 Å². The molecular formula is C22H27N5O3S. The van der Waals surface area contributed by atoms with Gasteiger partial charge in [0, 0.05) is 25.8 Å². The molecule has 8 nitrogen and oxygen atoms in total. The van der Waals surface area contributed by atoms with Crippen LogP contribution in [-0.2, 0) is 6.42 Å². The molecule has 0 bridgehead atoms. The minimum Gasteiger partial charge on any atom is -0.493 e. The third-order valence-electron chi connectivity index (χ3n) is 5.36. The zero-order chi connectivity index (χ0) is 21.6. The van der Waals surface area contributed by atoms with E-state index in [0.717, 1.165) is 23.8 Å². The number of nitrogens with one attached hydrogen (secondary N) is 1. The number of hydrogen-bond acceptors (Lipinski definition) is 7. The van der Waals surface area contributed by atoms with Gasteiger partial charge in [0.25, 0.3) is 5.91 Å². The lowest BCUT2D eigenvalue weighted by atomic mass is 10.1. The number of aromatic nitrogens is 3. The Morgan fingerprint density at radius 2 is 1.84 bits per heavy atom. The van der Waals surface area contributed by atoms with Gasteiger partial charge in [-0.25, -0.2) is 0 Å². The van der Waals surface area contributed by atoms with Crippen molar-refractivity contribution in [3.8, 4) is 16.6 Å². The molecule has 1 amide bonds. The predicted octanol–water partition coefficient (Wildman–Crippen LogP) is 3.31. The number of hydrogen-bond donors (Lipinski definition) is 1. The molecule has 1 fully saturated rings. The van der Waals surface area contributed by atoms with E-state index in [-0.39, 0.29) is 5.91 Å².